The van der Waals surface area contributed by atoms with Crippen LogP contribution in [0.5, 0.6) is 17.2 Å². The van der Waals surface area contributed by atoms with Gasteiger partial charge in [-0.3, -0.25) is 9.59 Å². The smallest absolute Gasteiger partial charge is 0.231 e. The summed E-state index contributed by atoms with van der Waals surface area (Å²) in [4.78, 5) is 28.5. The number of hydrogen-bond acceptors (Lipinski definition) is 6. The second-order valence-electron chi connectivity index (χ2n) is 4.97. The summed E-state index contributed by atoms with van der Waals surface area (Å²) in [7, 11) is 1.48. The number of fused-ring (bicyclic) bond motifs is 1. The first-order valence-corrected chi connectivity index (χ1v) is 8.14. The van der Waals surface area contributed by atoms with E-state index in [9.17, 15) is 9.59 Å². The Labute approximate surface area is 146 Å². The average molecular weight is 343 g/mol. The number of carbonyl (C=O) groups excluding carboxylic acids is 2. The molecule has 0 aliphatic carbocycles. The highest BCUT2D eigenvalue weighted by Gasteiger charge is 2.18. The number of ketones is 2. The fourth-order valence-corrected chi connectivity index (χ4v) is 2.32. The minimum atomic E-state index is -0.225. The minimum Gasteiger partial charge on any atom is -0.494 e. The number of ether oxygens (including phenoxy) is 3. The number of carbonyl (C=O) groups is 2. The van der Waals surface area contributed by atoms with Crippen molar-refractivity contribution in [3.05, 3.63) is 47.8 Å². The lowest BCUT2D eigenvalue weighted by molar-refractivity contribution is 0.0913. The Balaban J connectivity index is 0.00000109. The molecule has 0 radical (unpaired) electrons. The van der Waals surface area contributed by atoms with Gasteiger partial charge in [0.15, 0.2) is 23.1 Å². The van der Waals surface area contributed by atoms with Crippen LogP contribution in [0.15, 0.2) is 36.5 Å². The molecule has 6 heteroatoms. The number of nitrogens with zero attached hydrogens (tertiary/aromatic N) is 1. The molecule has 2 aromatic rings. The maximum atomic E-state index is 12.2. The van der Waals surface area contributed by atoms with Crippen LogP contribution in [0.2, 0.25) is 0 Å². The van der Waals surface area contributed by atoms with Crippen molar-refractivity contribution in [2.24, 2.45) is 0 Å². The van der Waals surface area contributed by atoms with Gasteiger partial charge in [0, 0.05) is 24.6 Å². The molecular weight excluding hydrogens is 322 g/mol. The summed E-state index contributed by atoms with van der Waals surface area (Å²) in [6, 6.07) is 8.35. The molecule has 6 nitrogen and oxygen atoms in total. The van der Waals surface area contributed by atoms with Crippen LogP contribution >= 0.6 is 0 Å². The van der Waals surface area contributed by atoms with E-state index in [1.54, 1.807) is 30.3 Å². The van der Waals surface area contributed by atoms with E-state index in [4.69, 9.17) is 14.2 Å². The van der Waals surface area contributed by atoms with Crippen LogP contribution in [0.3, 0.4) is 0 Å². The van der Waals surface area contributed by atoms with Gasteiger partial charge in [0.1, 0.15) is 11.4 Å². The molecule has 0 amide bonds. The second kappa shape index (κ2) is 8.82. The summed E-state index contributed by atoms with van der Waals surface area (Å²) in [6.45, 7) is 4.16. The van der Waals surface area contributed by atoms with Gasteiger partial charge in [-0.05, 0) is 30.3 Å². The van der Waals surface area contributed by atoms with Crippen molar-refractivity contribution in [2.45, 2.75) is 26.7 Å². The fourth-order valence-electron chi connectivity index (χ4n) is 2.32. The summed E-state index contributed by atoms with van der Waals surface area (Å²) < 4.78 is 15.6. The van der Waals surface area contributed by atoms with Crippen LogP contribution in [0.25, 0.3) is 0 Å². The standard InChI is InChI=1S/C17H15NO5.C2H6/c1-21-15-3-2-8-18-17(15)13(20)6-5-12(19)11-4-7-14-16(9-11)23-10-22-14;1-2/h2-4,7-9H,5-6,10H2,1H3;1-2H3. The second-order valence-corrected chi connectivity index (χ2v) is 4.97. The molecule has 1 aromatic carbocycles. The van der Waals surface area contributed by atoms with Gasteiger partial charge < -0.3 is 14.2 Å². The largest absolute Gasteiger partial charge is 0.494 e. The van der Waals surface area contributed by atoms with Crippen molar-refractivity contribution in [1.82, 2.24) is 4.98 Å². The van der Waals surface area contributed by atoms with E-state index in [1.165, 1.54) is 13.3 Å². The highest BCUT2D eigenvalue weighted by Crippen LogP contribution is 2.32. The summed E-state index contributed by atoms with van der Waals surface area (Å²) in [5.41, 5.74) is 0.739. The van der Waals surface area contributed by atoms with Crippen LogP contribution in [0.1, 0.15) is 47.5 Å². The molecule has 0 N–H and O–H groups in total. The highest BCUT2D eigenvalue weighted by atomic mass is 16.7. The average Bonchev–Trinajstić information content (AvgIpc) is 3.15. The van der Waals surface area contributed by atoms with Crippen LogP contribution in [0.4, 0.5) is 0 Å². The van der Waals surface area contributed by atoms with Crippen LogP contribution in [-0.4, -0.2) is 30.5 Å². The first kappa shape index (κ1) is 18.4. The predicted molar refractivity (Wildman–Crippen MR) is 92.6 cm³/mol. The Bertz CT molecular complexity index is 757. The number of aromatic nitrogens is 1. The maximum absolute atomic E-state index is 12.2. The Morgan fingerprint density at radius 2 is 1.80 bits per heavy atom. The third kappa shape index (κ3) is 4.35. The molecule has 0 saturated carbocycles. The highest BCUT2D eigenvalue weighted by molar-refractivity contribution is 6.02. The van der Waals surface area contributed by atoms with Crippen molar-refractivity contribution in [1.29, 1.82) is 0 Å². The quantitative estimate of drug-likeness (QED) is 0.745. The van der Waals surface area contributed by atoms with E-state index in [-0.39, 0.29) is 36.9 Å². The first-order chi connectivity index (χ1) is 12.2. The number of Topliss-reactive ketones (excluding diaryl/α,β-unsaturated/α-hetero) is 2. The molecule has 2 heterocycles. The molecule has 0 unspecified atom stereocenters. The molecule has 3 rings (SSSR count). The van der Waals surface area contributed by atoms with Gasteiger partial charge in [0.05, 0.1) is 7.11 Å². The Morgan fingerprint density at radius 3 is 2.56 bits per heavy atom. The normalized spacial score (nSPS) is 11.3. The van der Waals surface area contributed by atoms with Crippen molar-refractivity contribution in [3.8, 4) is 17.2 Å². The van der Waals surface area contributed by atoms with Crippen molar-refractivity contribution in [3.63, 3.8) is 0 Å². The molecule has 0 saturated heterocycles. The van der Waals surface area contributed by atoms with E-state index < -0.39 is 0 Å². The Hall–Kier alpha value is -2.89. The maximum Gasteiger partial charge on any atom is 0.231 e. The van der Waals surface area contributed by atoms with E-state index >= 15 is 0 Å². The van der Waals surface area contributed by atoms with Gasteiger partial charge in [-0.2, -0.15) is 0 Å². The van der Waals surface area contributed by atoms with Crippen molar-refractivity contribution in [2.75, 3.05) is 13.9 Å². The van der Waals surface area contributed by atoms with E-state index in [2.05, 4.69) is 4.98 Å². The topological polar surface area (TPSA) is 74.7 Å². The third-order valence-corrected chi connectivity index (χ3v) is 3.53. The van der Waals surface area contributed by atoms with Crippen LogP contribution < -0.4 is 14.2 Å². The molecule has 1 aliphatic rings. The zero-order valence-corrected chi connectivity index (χ0v) is 14.6. The van der Waals surface area contributed by atoms with Gasteiger partial charge in [-0.25, -0.2) is 4.98 Å². The fraction of sp³-hybridized carbons (Fsp3) is 0.316. The number of pyridine rings is 1. The Kier molecular flexibility index (Phi) is 6.51. The number of hydrogen-bond donors (Lipinski definition) is 0. The van der Waals surface area contributed by atoms with E-state index in [1.807, 2.05) is 13.8 Å². The van der Waals surface area contributed by atoms with Crippen LogP contribution in [0, 0.1) is 0 Å². The van der Waals surface area contributed by atoms with Gasteiger partial charge in [-0.15, -0.1) is 0 Å². The molecule has 0 atom stereocenters. The molecule has 0 bridgehead atoms. The van der Waals surface area contributed by atoms with E-state index in [0.717, 1.165) is 0 Å². The molecule has 0 spiro atoms. The number of benzene rings is 1. The summed E-state index contributed by atoms with van der Waals surface area (Å²) in [5, 5.41) is 0. The summed E-state index contributed by atoms with van der Waals surface area (Å²) in [5.74, 6) is 1.22. The number of rotatable bonds is 6. The zero-order valence-electron chi connectivity index (χ0n) is 14.6. The summed E-state index contributed by atoms with van der Waals surface area (Å²) >= 11 is 0. The molecule has 132 valence electrons. The van der Waals surface area contributed by atoms with Gasteiger partial charge in [0.2, 0.25) is 6.79 Å². The number of methoxy groups -OCH3 is 1. The summed E-state index contributed by atoms with van der Waals surface area (Å²) in [6.07, 6.45) is 1.69. The molecule has 1 aromatic heterocycles. The molecule has 1 aliphatic heterocycles. The minimum absolute atomic E-state index is 0.0701. The molecule has 0 fully saturated rings. The van der Waals surface area contributed by atoms with E-state index in [0.29, 0.717) is 22.8 Å². The predicted octanol–water partition coefficient (Wildman–Crippen LogP) is 3.69. The molecule has 25 heavy (non-hydrogen) atoms. The van der Waals surface area contributed by atoms with Crippen LogP contribution in [-0.2, 0) is 0 Å². The monoisotopic (exact) mass is 343 g/mol. The van der Waals surface area contributed by atoms with Gasteiger partial charge in [-0.1, -0.05) is 13.8 Å². The lowest BCUT2D eigenvalue weighted by atomic mass is 10.0. The lowest BCUT2D eigenvalue weighted by Crippen LogP contribution is -2.08. The van der Waals surface area contributed by atoms with Gasteiger partial charge in [0.25, 0.3) is 0 Å². The van der Waals surface area contributed by atoms with Gasteiger partial charge >= 0.3 is 0 Å². The van der Waals surface area contributed by atoms with Crippen molar-refractivity contribution < 1.29 is 23.8 Å². The first-order valence-electron chi connectivity index (χ1n) is 8.14. The van der Waals surface area contributed by atoms with Crippen molar-refractivity contribution >= 4 is 11.6 Å². The third-order valence-electron chi connectivity index (χ3n) is 3.53. The molecular formula is C19H21NO5. The zero-order chi connectivity index (χ0) is 18.2. The SMILES string of the molecule is CC.COc1cccnc1C(=O)CCC(=O)c1ccc2c(c1)OCO2. The Morgan fingerprint density at radius 1 is 1.08 bits per heavy atom. The lowest BCUT2D eigenvalue weighted by Gasteiger charge is -2.06.